The van der Waals surface area contributed by atoms with Crippen LogP contribution in [0.25, 0.3) is 0 Å². The van der Waals surface area contributed by atoms with Crippen LogP contribution < -0.4 is 10.2 Å². The van der Waals surface area contributed by atoms with Crippen molar-refractivity contribution in [2.24, 2.45) is 0 Å². The van der Waals surface area contributed by atoms with Gasteiger partial charge in [-0.25, -0.2) is 8.78 Å². The smallest absolute Gasteiger partial charge is 0.282 e. The first kappa shape index (κ1) is 13.9. The molecule has 0 spiro atoms. The molecule has 1 aliphatic heterocycles. The maximum atomic E-state index is 13.5. The van der Waals surface area contributed by atoms with Crippen molar-refractivity contribution in [3.8, 4) is 0 Å². The maximum Gasteiger partial charge on any atom is 0.282 e. The van der Waals surface area contributed by atoms with Crippen molar-refractivity contribution in [3.63, 3.8) is 0 Å². The van der Waals surface area contributed by atoms with Crippen LogP contribution in [-0.4, -0.2) is 25.0 Å². The van der Waals surface area contributed by atoms with Gasteiger partial charge < -0.3 is 10.2 Å². The molecule has 19 heavy (non-hydrogen) atoms. The molecular formula is C14H19F2N2O+. The molecule has 1 heterocycles. The SMILES string of the molecule is C[C@H](C(=O)Nc1ccc(F)cc1F)[NH+]1CCCCC1. The molecule has 0 radical (unpaired) electrons. The first-order chi connectivity index (χ1) is 9.08. The van der Waals surface area contributed by atoms with Crippen molar-refractivity contribution in [3.05, 3.63) is 29.8 Å². The molecule has 0 saturated carbocycles. The molecule has 5 heteroatoms. The zero-order chi connectivity index (χ0) is 13.8. The second-order valence-corrected chi connectivity index (χ2v) is 5.05. The summed E-state index contributed by atoms with van der Waals surface area (Å²) in [6.07, 6.45) is 3.46. The lowest BCUT2D eigenvalue weighted by molar-refractivity contribution is -0.918. The van der Waals surface area contributed by atoms with E-state index >= 15 is 0 Å². The van der Waals surface area contributed by atoms with E-state index in [1.54, 1.807) is 0 Å². The first-order valence-corrected chi connectivity index (χ1v) is 6.68. The van der Waals surface area contributed by atoms with Crippen molar-refractivity contribution in [2.75, 3.05) is 18.4 Å². The molecule has 1 aromatic rings. The number of anilines is 1. The Bertz CT molecular complexity index is 459. The van der Waals surface area contributed by atoms with E-state index < -0.39 is 11.6 Å². The van der Waals surface area contributed by atoms with Crippen LogP contribution in [0.3, 0.4) is 0 Å². The summed E-state index contributed by atoms with van der Waals surface area (Å²) in [4.78, 5) is 13.3. The minimum atomic E-state index is -0.741. The number of hydrogen-bond donors (Lipinski definition) is 2. The molecule has 3 nitrogen and oxygen atoms in total. The Labute approximate surface area is 111 Å². The topological polar surface area (TPSA) is 33.5 Å². The van der Waals surface area contributed by atoms with Crippen molar-refractivity contribution < 1.29 is 18.5 Å². The highest BCUT2D eigenvalue weighted by atomic mass is 19.1. The van der Waals surface area contributed by atoms with Gasteiger partial charge in [-0.3, -0.25) is 4.79 Å². The number of amides is 1. The van der Waals surface area contributed by atoms with E-state index in [0.717, 1.165) is 38.1 Å². The van der Waals surface area contributed by atoms with Gasteiger partial charge in [0.25, 0.3) is 5.91 Å². The molecule has 1 atom stereocenters. The summed E-state index contributed by atoms with van der Waals surface area (Å²) in [5, 5.41) is 2.53. The van der Waals surface area contributed by atoms with E-state index in [0.29, 0.717) is 0 Å². The highest BCUT2D eigenvalue weighted by Crippen LogP contribution is 2.14. The first-order valence-electron chi connectivity index (χ1n) is 6.68. The van der Waals surface area contributed by atoms with Gasteiger partial charge in [0, 0.05) is 6.07 Å². The summed E-state index contributed by atoms with van der Waals surface area (Å²) in [7, 11) is 0. The summed E-state index contributed by atoms with van der Waals surface area (Å²) in [5.74, 6) is -1.61. The number of carbonyl (C=O) groups excluding carboxylic acids is 1. The summed E-state index contributed by atoms with van der Waals surface area (Å²) < 4.78 is 26.2. The summed E-state index contributed by atoms with van der Waals surface area (Å²) >= 11 is 0. The van der Waals surface area contributed by atoms with Crippen molar-refractivity contribution in [1.82, 2.24) is 0 Å². The number of quaternary nitrogens is 1. The van der Waals surface area contributed by atoms with Gasteiger partial charge in [-0.15, -0.1) is 0 Å². The zero-order valence-corrected chi connectivity index (χ0v) is 11.0. The normalized spacial score (nSPS) is 18.1. The molecule has 1 aliphatic rings. The molecule has 1 aromatic carbocycles. The third-order valence-corrected chi connectivity index (χ3v) is 3.69. The van der Waals surface area contributed by atoms with Crippen LogP contribution in [0.15, 0.2) is 18.2 Å². The van der Waals surface area contributed by atoms with Gasteiger partial charge in [-0.05, 0) is 38.3 Å². The Hall–Kier alpha value is -1.49. The van der Waals surface area contributed by atoms with Crippen molar-refractivity contribution in [1.29, 1.82) is 0 Å². The lowest BCUT2D eigenvalue weighted by Gasteiger charge is -2.28. The highest BCUT2D eigenvalue weighted by Gasteiger charge is 2.27. The predicted molar refractivity (Wildman–Crippen MR) is 69.0 cm³/mol. The van der Waals surface area contributed by atoms with E-state index in [-0.39, 0.29) is 17.6 Å². The molecule has 0 aromatic heterocycles. The van der Waals surface area contributed by atoms with Gasteiger partial charge in [-0.2, -0.15) is 0 Å². The third kappa shape index (κ3) is 3.50. The van der Waals surface area contributed by atoms with E-state index in [1.165, 1.54) is 17.4 Å². The number of benzene rings is 1. The number of rotatable bonds is 3. The van der Waals surface area contributed by atoms with Crippen LogP contribution in [0.5, 0.6) is 0 Å². The summed E-state index contributed by atoms with van der Waals surface area (Å²) in [6.45, 7) is 3.79. The fourth-order valence-corrected chi connectivity index (χ4v) is 2.46. The second kappa shape index (κ2) is 6.10. The Morgan fingerprint density at radius 2 is 1.95 bits per heavy atom. The monoisotopic (exact) mass is 269 g/mol. The molecule has 0 bridgehead atoms. The largest absolute Gasteiger partial charge is 0.325 e. The number of piperidine rings is 1. The Balaban J connectivity index is 1.99. The number of carbonyl (C=O) groups is 1. The summed E-state index contributed by atoms with van der Waals surface area (Å²) in [6, 6.07) is 2.94. The molecular weight excluding hydrogens is 250 g/mol. The van der Waals surface area contributed by atoms with E-state index in [2.05, 4.69) is 5.32 Å². The number of likely N-dealkylation sites (tertiary alicyclic amines) is 1. The van der Waals surface area contributed by atoms with Crippen molar-refractivity contribution >= 4 is 11.6 Å². The minimum absolute atomic E-state index is 0.0367. The molecule has 1 amide bonds. The molecule has 2 N–H and O–H groups in total. The number of hydrogen-bond acceptors (Lipinski definition) is 1. The maximum absolute atomic E-state index is 13.5. The predicted octanol–water partition coefficient (Wildman–Crippen LogP) is 1.36. The lowest BCUT2D eigenvalue weighted by atomic mass is 10.1. The standard InChI is InChI=1S/C14H18F2N2O/c1-10(18-7-3-2-4-8-18)14(19)17-13-6-5-11(15)9-12(13)16/h5-6,9-10H,2-4,7-8H2,1H3,(H,17,19)/p+1/t10-/m1/s1. The van der Waals surface area contributed by atoms with Gasteiger partial charge in [0.1, 0.15) is 11.6 Å². The minimum Gasteiger partial charge on any atom is -0.325 e. The summed E-state index contributed by atoms with van der Waals surface area (Å²) in [5.41, 5.74) is 0.0367. The average Bonchev–Trinajstić information content (AvgIpc) is 2.42. The van der Waals surface area contributed by atoms with Crippen molar-refractivity contribution in [2.45, 2.75) is 32.2 Å². The molecule has 1 fully saturated rings. The van der Waals surface area contributed by atoms with Crippen LogP contribution in [-0.2, 0) is 4.79 Å². The lowest BCUT2D eigenvalue weighted by Crippen LogP contribution is -3.17. The van der Waals surface area contributed by atoms with Crippen LogP contribution in [0, 0.1) is 11.6 Å². The molecule has 1 saturated heterocycles. The second-order valence-electron chi connectivity index (χ2n) is 5.05. The van der Waals surface area contributed by atoms with Crippen LogP contribution >= 0.6 is 0 Å². The Morgan fingerprint density at radius 3 is 2.58 bits per heavy atom. The molecule has 2 rings (SSSR count). The van der Waals surface area contributed by atoms with Crippen LogP contribution in [0.1, 0.15) is 26.2 Å². The average molecular weight is 269 g/mol. The van der Waals surface area contributed by atoms with E-state index in [9.17, 15) is 13.6 Å². The van der Waals surface area contributed by atoms with Gasteiger partial charge >= 0.3 is 0 Å². The van der Waals surface area contributed by atoms with Gasteiger partial charge in [0.15, 0.2) is 6.04 Å². The van der Waals surface area contributed by atoms with Gasteiger partial charge in [-0.1, -0.05) is 0 Å². The Morgan fingerprint density at radius 1 is 1.26 bits per heavy atom. The highest BCUT2D eigenvalue weighted by molar-refractivity contribution is 5.93. The van der Waals surface area contributed by atoms with Crippen LogP contribution in [0.2, 0.25) is 0 Å². The van der Waals surface area contributed by atoms with Gasteiger partial charge in [0.05, 0.1) is 18.8 Å². The van der Waals surface area contributed by atoms with E-state index in [4.69, 9.17) is 0 Å². The van der Waals surface area contributed by atoms with E-state index in [1.807, 2.05) is 6.92 Å². The molecule has 104 valence electrons. The molecule has 0 aliphatic carbocycles. The van der Waals surface area contributed by atoms with Crippen LogP contribution in [0.4, 0.5) is 14.5 Å². The zero-order valence-electron chi connectivity index (χ0n) is 11.0. The Kier molecular flexibility index (Phi) is 4.47. The fraction of sp³-hybridized carbons (Fsp3) is 0.500. The third-order valence-electron chi connectivity index (χ3n) is 3.69. The molecule has 0 unspecified atom stereocenters. The van der Waals surface area contributed by atoms with Gasteiger partial charge in [0.2, 0.25) is 0 Å². The number of nitrogens with one attached hydrogen (secondary N) is 2. The quantitative estimate of drug-likeness (QED) is 0.853. The fourth-order valence-electron chi connectivity index (χ4n) is 2.46. The number of halogens is 2.